The molecule has 21 rings (SSSR count). The molecule has 0 aliphatic carbocycles. The maximum absolute atomic E-state index is 2.47. The van der Waals surface area contributed by atoms with Crippen LogP contribution in [0.1, 0.15) is 0 Å². The van der Waals surface area contributed by atoms with Gasteiger partial charge in [0.15, 0.2) is 0 Å². The maximum Gasteiger partial charge on any atom is 0.0542 e. The molecule has 6 nitrogen and oxygen atoms in total. The fourth-order valence-corrected chi connectivity index (χ4v) is 17.0. The van der Waals surface area contributed by atoms with Gasteiger partial charge in [-0.05, 0) is 225 Å². The summed E-state index contributed by atoms with van der Waals surface area (Å²) in [5.74, 6) is 0. The number of hydrogen-bond acceptors (Lipinski definition) is 2. The minimum absolute atomic E-state index is 1.04. The first-order valence-electron chi connectivity index (χ1n) is 38.4. The zero-order chi connectivity index (χ0) is 74.0. The molecule has 0 amide bonds. The molecule has 0 N–H and O–H groups in total. The molecule has 0 saturated carbocycles. The molecule has 526 valence electrons. The molecule has 21 aromatic rings. The first kappa shape index (κ1) is 65.3. The SMILES string of the molecule is c1ccc(-c2ccc(-c3cc4cc5c(cc(-c6ccc(-c7ccccc7)cc6)n5-c5ccc(N(c6ccc(-c7ccccc7)cc6)c6ccc7c(c6)c6ccccc6n7-c6ccccc6)cc5)cc4n3-c3ccc(N(c4ccc(-c5ccccc5)cc4)c4ccc5c(c4)c4ccccc4n5-c4ccccc4)cc3)cc2)cc1. The third kappa shape index (κ3) is 11.6. The van der Waals surface area contributed by atoms with E-state index in [2.05, 4.69) is 465 Å². The molecule has 0 unspecified atom stereocenters. The van der Waals surface area contributed by atoms with Crippen molar-refractivity contribution in [2.75, 3.05) is 9.80 Å². The molecule has 4 heterocycles. The summed E-state index contributed by atoms with van der Waals surface area (Å²) in [6.07, 6.45) is 0. The van der Waals surface area contributed by atoms with E-state index in [1.807, 2.05) is 0 Å². The normalized spacial score (nSPS) is 11.6. The Kier molecular flexibility index (Phi) is 16.1. The number of fused-ring (bicyclic) bond motifs is 8. The van der Waals surface area contributed by atoms with Crippen LogP contribution >= 0.6 is 0 Å². The van der Waals surface area contributed by atoms with Crippen molar-refractivity contribution in [1.82, 2.24) is 18.3 Å². The van der Waals surface area contributed by atoms with E-state index in [4.69, 9.17) is 0 Å². The predicted molar refractivity (Wildman–Crippen MR) is 471 cm³/mol. The topological polar surface area (TPSA) is 26.2 Å². The van der Waals surface area contributed by atoms with Crippen molar-refractivity contribution < 1.29 is 0 Å². The molecule has 0 atom stereocenters. The Bertz CT molecular complexity index is 6580. The summed E-state index contributed by atoms with van der Waals surface area (Å²) in [7, 11) is 0. The molecule has 0 saturated heterocycles. The maximum atomic E-state index is 2.47. The van der Waals surface area contributed by atoms with Crippen molar-refractivity contribution in [2.45, 2.75) is 0 Å². The van der Waals surface area contributed by atoms with Gasteiger partial charge in [-0.3, -0.25) is 0 Å². The summed E-state index contributed by atoms with van der Waals surface area (Å²) >= 11 is 0. The van der Waals surface area contributed by atoms with Crippen molar-refractivity contribution in [1.29, 1.82) is 0 Å². The van der Waals surface area contributed by atoms with Gasteiger partial charge in [0.2, 0.25) is 0 Å². The Hall–Kier alpha value is -15.0. The van der Waals surface area contributed by atoms with Crippen LogP contribution in [0.4, 0.5) is 34.1 Å². The summed E-state index contributed by atoms with van der Waals surface area (Å²) in [6.45, 7) is 0. The molecule has 6 heteroatoms. The lowest BCUT2D eigenvalue weighted by Gasteiger charge is -2.26. The second-order valence-electron chi connectivity index (χ2n) is 28.9. The highest BCUT2D eigenvalue weighted by Crippen LogP contribution is 2.46. The number of rotatable bonds is 16. The quantitative estimate of drug-likeness (QED) is 0.0964. The van der Waals surface area contributed by atoms with Crippen molar-refractivity contribution in [3.05, 3.63) is 437 Å². The van der Waals surface area contributed by atoms with Crippen LogP contribution in [-0.2, 0) is 0 Å². The van der Waals surface area contributed by atoms with Gasteiger partial charge in [-0.1, -0.05) is 267 Å². The van der Waals surface area contributed by atoms with Crippen molar-refractivity contribution in [3.63, 3.8) is 0 Å². The zero-order valence-corrected chi connectivity index (χ0v) is 61.3. The molecule has 0 radical (unpaired) electrons. The van der Waals surface area contributed by atoms with E-state index in [0.29, 0.717) is 0 Å². The second kappa shape index (κ2) is 27.7. The van der Waals surface area contributed by atoms with Crippen LogP contribution in [-0.4, -0.2) is 18.3 Å². The first-order valence-corrected chi connectivity index (χ1v) is 38.4. The number of anilines is 6. The van der Waals surface area contributed by atoms with E-state index in [1.165, 1.54) is 77.1 Å². The summed E-state index contributed by atoms with van der Waals surface area (Å²) in [6, 6.07) is 160. The fraction of sp³-hybridized carbons (Fsp3) is 0. The number of aromatic nitrogens is 4. The second-order valence-corrected chi connectivity index (χ2v) is 28.9. The smallest absolute Gasteiger partial charge is 0.0542 e. The van der Waals surface area contributed by atoms with Crippen molar-refractivity contribution in [2.24, 2.45) is 0 Å². The predicted octanol–water partition coefficient (Wildman–Crippen LogP) is 28.7. The Morgan fingerprint density at radius 1 is 0.143 bits per heavy atom. The van der Waals surface area contributed by atoms with Crippen LogP contribution < -0.4 is 9.80 Å². The van der Waals surface area contributed by atoms with Gasteiger partial charge in [0.05, 0.1) is 44.5 Å². The average Bonchev–Trinajstić information content (AvgIpc) is 1.55. The highest BCUT2D eigenvalue weighted by atomic mass is 15.2. The standard InChI is InChI=1S/C106H72N6/c1-7-23-73(24-8-1)77-39-43-81(44-40-77)103-67-83-69-106-84(70-105(83)111(103)91-59-55-89(56-60-91)107(87-51-47-79(48-52-87)75-27-11-3-12-28-75)93-63-65-101-97(71-93)95-35-19-21-37-99(95)109(101)85-31-15-5-16-32-85)68-104(82-45-41-78(42-46-82)74-25-9-2-10-26-74)112(106)92-61-57-90(58-62-92)108(88-53-49-80(50-54-88)76-29-13-4-14-30-76)94-64-66-102-98(72-94)96-36-20-22-38-100(96)110(102)86-33-17-6-18-34-86/h1-72H. The van der Waals surface area contributed by atoms with Crippen LogP contribution in [0.25, 0.3) is 155 Å². The Balaban J connectivity index is 0.723. The minimum atomic E-state index is 1.04. The summed E-state index contributed by atoms with van der Waals surface area (Å²) in [4.78, 5) is 4.81. The third-order valence-electron chi connectivity index (χ3n) is 22.4. The van der Waals surface area contributed by atoms with E-state index >= 15 is 0 Å². The Labute approximate surface area is 650 Å². The minimum Gasteiger partial charge on any atom is -0.310 e. The largest absolute Gasteiger partial charge is 0.310 e. The molecular weight excluding hydrogens is 1360 g/mol. The van der Waals surface area contributed by atoms with E-state index in [-0.39, 0.29) is 0 Å². The number of benzene rings is 17. The molecule has 112 heavy (non-hydrogen) atoms. The van der Waals surface area contributed by atoms with Crippen molar-refractivity contribution in [3.8, 4) is 89.8 Å². The monoisotopic (exact) mass is 1430 g/mol. The molecule has 0 aliphatic heterocycles. The average molecular weight is 1430 g/mol. The number of nitrogens with zero attached hydrogens (tertiary/aromatic N) is 6. The lowest BCUT2D eigenvalue weighted by atomic mass is 10.0. The number of para-hydroxylation sites is 4. The summed E-state index contributed by atoms with van der Waals surface area (Å²) in [5, 5.41) is 7.03. The number of hydrogen-bond donors (Lipinski definition) is 0. The van der Waals surface area contributed by atoms with Gasteiger partial charge in [-0.25, -0.2) is 0 Å². The van der Waals surface area contributed by atoms with Crippen LogP contribution in [0.2, 0.25) is 0 Å². The Morgan fingerprint density at radius 3 is 0.714 bits per heavy atom. The molecule has 0 spiro atoms. The summed E-state index contributed by atoms with van der Waals surface area (Å²) < 4.78 is 9.71. The molecule has 0 bridgehead atoms. The van der Waals surface area contributed by atoms with Crippen LogP contribution in [0.5, 0.6) is 0 Å². The van der Waals surface area contributed by atoms with Crippen LogP contribution in [0.3, 0.4) is 0 Å². The van der Waals surface area contributed by atoms with Crippen LogP contribution in [0, 0.1) is 0 Å². The van der Waals surface area contributed by atoms with Crippen molar-refractivity contribution >= 4 is 99.5 Å². The van der Waals surface area contributed by atoms with Gasteiger partial charge in [-0.15, -0.1) is 0 Å². The van der Waals surface area contributed by atoms with Gasteiger partial charge < -0.3 is 28.1 Å². The fourth-order valence-electron chi connectivity index (χ4n) is 17.0. The highest BCUT2D eigenvalue weighted by molar-refractivity contribution is 6.12. The lowest BCUT2D eigenvalue weighted by Crippen LogP contribution is -2.10. The molecular formula is C106H72N6. The van der Waals surface area contributed by atoms with Gasteiger partial charge in [0, 0.05) is 89.2 Å². The third-order valence-corrected chi connectivity index (χ3v) is 22.4. The molecule has 0 fully saturated rings. The van der Waals surface area contributed by atoms with E-state index < -0.39 is 0 Å². The van der Waals surface area contributed by atoms with Gasteiger partial charge in [-0.2, -0.15) is 0 Å². The lowest BCUT2D eigenvalue weighted by molar-refractivity contribution is 1.13. The molecule has 17 aromatic carbocycles. The van der Waals surface area contributed by atoms with Gasteiger partial charge in [0.1, 0.15) is 0 Å². The highest BCUT2D eigenvalue weighted by Gasteiger charge is 2.24. The van der Waals surface area contributed by atoms with Gasteiger partial charge >= 0.3 is 0 Å². The first-order chi connectivity index (χ1) is 55.5. The van der Waals surface area contributed by atoms with E-state index in [1.54, 1.807) is 0 Å². The van der Waals surface area contributed by atoms with Crippen LogP contribution in [0.15, 0.2) is 437 Å². The van der Waals surface area contributed by atoms with E-state index in [9.17, 15) is 0 Å². The van der Waals surface area contributed by atoms with E-state index in [0.717, 1.165) is 112 Å². The van der Waals surface area contributed by atoms with Gasteiger partial charge in [0.25, 0.3) is 0 Å². The molecule has 0 aliphatic rings. The molecule has 4 aromatic heterocycles. The Morgan fingerprint density at radius 2 is 0.384 bits per heavy atom. The summed E-state index contributed by atoms with van der Waals surface area (Å²) in [5.41, 5.74) is 31.4. The zero-order valence-electron chi connectivity index (χ0n) is 61.3.